The number of methoxy groups -OCH3 is 2. The van der Waals surface area contributed by atoms with Crippen LogP contribution in [0.25, 0.3) is 0 Å². The molecule has 2 heterocycles. The molecular formula is C65H99N11O15. The van der Waals surface area contributed by atoms with E-state index in [1.807, 2.05) is 32.0 Å². The lowest BCUT2D eigenvalue weighted by Crippen LogP contribution is -2.60. The maximum atomic E-state index is 14.8. The number of aliphatic hydroxyl groups is 1. The van der Waals surface area contributed by atoms with Crippen LogP contribution in [0.3, 0.4) is 0 Å². The number of unbranched alkanes of at least 4 members (excludes halogenated alkanes) is 2. The van der Waals surface area contributed by atoms with Crippen molar-refractivity contribution >= 4 is 71.0 Å². The third-order valence-corrected chi connectivity index (χ3v) is 16.9. The summed E-state index contributed by atoms with van der Waals surface area (Å²) in [5.74, 6) is -5.69. The van der Waals surface area contributed by atoms with Gasteiger partial charge in [-0.1, -0.05) is 104 Å². The summed E-state index contributed by atoms with van der Waals surface area (Å²) >= 11 is 0. The number of likely N-dealkylation sites (N-methyl/N-ethyl adjacent to an activating group) is 2. The largest absolute Gasteiger partial charge is 0.445 e. The minimum atomic E-state index is -1.09. The summed E-state index contributed by atoms with van der Waals surface area (Å²) in [5.41, 5.74) is 6.72. The van der Waals surface area contributed by atoms with Crippen LogP contribution in [0.1, 0.15) is 137 Å². The van der Waals surface area contributed by atoms with Crippen molar-refractivity contribution in [3.63, 3.8) is 0 Å². The molecule has 1 fully saturated rings. The first-order chi connectivity index (χ1) is 43.1. The molecule has 2 aliphatic heterocycles. The lowest BCUT2D eigenvalue weighted by atomic mass is 9.89. The van der Waals surface area contributed by atoms with Gasteiger partial charge in [-0.25, -0.2) is 9.59 Å². The topological polar surface area (TPSA) is 347 Å². The molecule has 0 spiro atoms. The summed E-state index contributed by atoms with van der Waals surface area (Å²) in [6, 6.07) is 9.74. The Hall–Kier alpha value is -7.97. The molecule has 2 aromatic rings. The molecule has 0 bridgehead atoms. The zero-order valence-corrected chi connectivity index (χ0v) is 55.0. The van der Waals surface area contributed by atoms with Crippen LogP contribution in [-0.2, 0) is 64.0 Å². The van der Waals surface area contributed by atoms with Crippen LogP contribution >= 0.6 is 0 Å². The van der Waals surface area contributed by atoms with E-state index >= 15 is 0 Å². The molecule has 0 aliphatic carbocycles. The fraction of sp³-hybridized carbons (Fsp3) is 0.615. The molecular weight excluding hydrogens is 1170 g/mol. The third-order valence-electron chi connectivity index (χ3n) is 16.9. The Labute approximate surface area is 535 Å². The van der Waals surface area contributed by atoms with Gasteiger partial charge in [0, 0.05) is 72.2 Å². The predicted molar refractivity (Wildman–Crippen MR) is 340 cm³/mol. The van der Waals surface area contributed by atoms with E-state index in [1.165, 1.54) is 38.3 Å². The molecule has 11 atom stereocenters. The van der Waals surface area contributed by atoms with E-state index in [0.29, 0.717) is 61.9 Å². The van der Waals surface area contributed by atoms with Crippen molar-refractivity contribution in [2.75, 3.05) is 59.8 Å². The molecule has 4 rings (SSSR count). The van der Waals surface area contributed by atoms with Gasteiger partial charge in [-0.05, 0) is 86.5 Å². The van der Waals surface area contributed by atoms with E-state index < -0.39 is 121 Å². The van der Waals surface area contributed by atoms with Gasteiger partial charge >= 0.3 is 12.1 Å². The molecule has 1 unspecified atom stereocenters. The molecule has 2 aromatic carbocycles. The molecule has 26 nitrogen and oxygen atoms in total. The molecule has 9 N–H and O–H groups in total. The van der Waals surface area contributed by atoms with Crippen LogP contribution in [0.15, 0.2) is 66.7 Å². The third kappa shape index (κ3) is 22.7. The van der Waals surface area contributed by atoms with E-state index in [4.69, 9.17) is 19.9 Å². The Morgan fingerprint density at radius 3 is 2.00 bits per heavy atom. The highest BCUT2D eigenvalue weighted by atomic mass is 16.6. The van der Waals surface area contributed by atoms with Crippen molar-refractivity contribution in [1.82, 2.24) is 46.2 Å². The highest BCUT2D eigenvalue weighted by molar-refractivity contribution is 6.12. The van der Waals surface area contributed by atoms with Gasteiger partial charge in [0.1, 0.15) is 24.7 Å². The number of carbonyl (C=O) groups excluding carboxylic acids is 11. The van der Waals surface area contributed by atoms with Gasteiger partial charge in [0.15, 0.2) is 0 Å². The lowest BCUT2D eigenvalue weighted by Gasteiger charge is -2.41. The van der Waals surface area contributed by atoms with Gasteiger partial charge in [0.05, 0.1) is 55.3 Å². The van der Waals surface area contributed by atoms with Gasteiger partial charge in [-0.2, -0.15) is 0 Å². The summed E-state index contributed by atoms with van der Waals surface area (Å²) < 4.78 is 17.7. The molecule has 504 valence electrons. The summed E-state index contributed by atoms with van der Waals surface area (Å²) in [6.45, 7) is 14.7. The zero-order chi connectivity index (χ0) is 67.6. The second-order valence-electron chi connectivity index (χ2n) is 24.3. The summed E-state index contributed by atoms with van der Waals surface area (Å²) in [4.78, 5) is 150. The quantitative estimate of drug-likeness (QED) is 0.0349. The number of imide groups is 1. The lowest BCUT2D eigenvalue weighted by molar-refractivity contribution is -0.148. The Morgan fingerprint density at radius 2 is 1.41 bits per heavy atom. The van der Waals surface area contributed by atoms with Crippen LogP contribution < -0.4 is 37.6 Å². The predicted octanol–water partition coefficient (Wildman–Crippen LogP) is 4.05. The number of hydrogen-bond donors (Lipinski definition) is 8. The number of nitrogens with zero attached hydrogens (tertiary/aromatic N) is 4. The molecule has 1 saturated heterocycles. The average Bonchev–Trinajstić information content (AvgIpc) is 2.11. The summed E-state index contributed by atoms with van der Waals surface area (Å²) in [7, 11) is 6.07. The number of nitrogens with one attached hydrogen (secondary N) is 6. The van der Waals surface area contributed by atoms with E-state index in [-0.39, 0.29) is 74.9 Å². The second kappa shape index (κ2) is 37.4. The molecule has 0 saturated carbocycles. The Morgan fingerprint density at radius 1 is 0.747 bits per heavy atom. The Balaban J connectivity index is 1.34. The highest BCUT2D eigenvalue weighted by Gasteiger charge is 2.44. The van der Waals surface area contributed by atoms with E-state index in [1.54, 1.807) is 94.8 Å². The van der Waals surface area contributed by atoms with Crippen LogP contribution in [-0.4, -0.2) is 193 Å². The standard InChI is InChI=1S/C65H99N11O15/c1-13-41(6)57(49(89-11)36-54(81)75-35-21-25-48(75)59(90-12)42(7)60(83)69-43(8)58(82)45-22-16-14-17-23-45)73(9)63(86)55(39(2)3)72-62(85)56(40(4)5)74(10)65(88)91-38-44-27-29-46(30-28-44)70-61(84)47(24-20-33-67-64(66)87)71-51(78)37-68-50(77)26-18-15-19-34-76-52(79)31-32-53(76)80/h14,16-17,22-23,27-32,39-43,47-49,55-59,82H,13,15,18-21,24-26,33-38H2,1-12H3,(H,68,77)(H,69,83)(H,70,84)(H,71,78)(H,72,85)(H3,66,67,87)/t41-,42+,43+,47-,48-,49+,55-,56-,57-,58?,59+/m0/s1. The fourth-order valence-corrected chi connectivity index (χ4v) is 11.5. The monoisotopic (exact) mass is 1270 g/mol. The van der Waals surface area contributed by atoms with Crippen LogP contribution in [0.2, 0.25) is 0 Å². The van der Waals surface area contributed by atoms with Gasteiger partial charge in [0.2, 0.25) is 41.4 Å². The van der Waals surface area contributed by atoms with E-state index in [2.05, 4.69) is 31.9 Å². The molecule has 0 radical (unpaired) electrons. The smallest absolute Gasteiger partial charge is 0.410 e. The SMILES string of the molecule is CC[C@H](C)[C@@H]([C@@H](CC(=O)N1CCC[C@H]1[C@H](OC)[C@@H](C)C(=O)N[C@H](C)C(O)c1ccccc1)OC)N(C)C(=O)[C@@H](NC(=O)[C@H](C(C)C)N(C)C(=O)OCc1ccc(NC(=O)[C@H](CCCNC(N)=O)NC(=O)CNC(=O)CCCCCN2C(=O)C=CC2=O)cc1)C(C)C. The van der Waals surface area contributed by atoms with Crippen molar-refractivity contribution in [1.29, 1.82) is 0 Å². The number of benzene rings is 2. The first kappa shape index (κ1) is 75.5. The number of aliphatic hydroxyl groups excluding tert-OH is 1. The number of urea groups is 1. The normalized spacial score (nSPS) is 17.2. The van der Waals surface area contributed by atoms with Gasteiger partial charge in [-0.3, -0.25) is 53.0 Å². The van der Waals surface area contributed by atoms with Gasteiger partial charge in [0.25, 0.3) is 11.8 Å². The molecule has 12 amide bonds. The number of hydrogen-bond acceptors (Lipinski definition) is 15. The number of nitrogens with two attached hydrogens (primary N) is 1. The van der Waals surface area contributed by atoms with Crippen molar-refractivity contribution in [2.45, 2.75) is 181 Å². The fourth-order valence-electron chi connectivity index (χ4n) is 11.5. The Bertz CT molecular complexity index is 2790. The van der Waals surface area contributed by atoms with Crippen LogP contribution in [0, 0.1) is 23.7 Å². The minimum absolute atomic E-state index is 0.0914. The number of anilines is 1. The van der Waals surface area contributed by atoms with Gasteiger partial charge < -0.3 is 66.8 Å². The summed E-state index contributed by atoms with van der Waals surface area (Å²) in [5, 5.41) is 27.2. The van der Waals surface area contributed by atoms with Gasteiger partial charge in [-0.15, -0.1) is 0 Å². The zero-order valence-electron chi connectivity index (χ0n) is 55.0. The van der Waals surface area contributed by atoms with Crippen LogP contribution in [0.5, 0.6) is 0 Å². The molecule has 26 heteroatoms. The number of ether oxygens (including phenoxy) is 3. The molecule has 0 aromatic heterocycles. The highest BCUT2D eigenvalue weighted by Crippen LogP contribution is 2.30. The maximum Gasteiger partial charge on any atom is 0.410 e. The average molecular weight is 1270 g/mol. The van der Waals surface area contributed by atoms with Crippen molar-refractivity contribution < 1.29 is 72.1 Å². The number of likely N-dealkylation sites (tertiary alicyclic amines) is 1. The molecule has 91 heavy (non-hydrogen) atoms. The van der Waals surface area contributed by atoms with E-state index in [9.17, 15) is 57.8 Å². The first-order valence-corrected chi connectivity index (χ1v) is 31.5. The second-order valence-corrected chi connectivity index (χ2v) is 24.3. The summed E-state index contributed by atoms with van der Waals surface area (Å²) in [6.07, 6.45) is 2.99. The molecule has 2 aliphatic rings. The van der Waals surface area contributed by atoms with Crippen LogP contribution in [0.4, 0.5) is 15.3 Å². The Kier molecular flexibility index (Phi) is 31.0. The maximum absolute atomic E-state index is 14.8. The first-order valence-electron chi connectivity index (χ1n) is 31.5. The van der Waals surface area contributed by atoms with Crippen molar-refractivity contribution in [2.24, 2.45) is 29.4 Å². The number of rotatable bonds is 37. The van der Waals surface area contributed by atoms with Crippen molar-refractivity contribution in [3.05, 3.63) is 77.9 Å². The van der Waals surface area contributed by atoms with E-state index in [0.717, 1.165) is 4.90 Å². The number of primary amides is 1. The number of carbonyl (C=O) groups is 11. The minimum Gasteiger partial charge on any atom is -0.445 e. The van der Waals surface area contributed by atoms with Crippen molar-refractivity contribution in [3.8, 4) is 0 Å². The number of amides is 12.